The lowest BCUT2D eigenvalue weighted by atomic mass is 10.1. The summed E-state index contributed by atoms with van der Waals surface area (Å²) in [5.74, 6) is 0.700. The SMILES string of the molecule is O=C1CC(CBr)CN1Cc1ccnc2ccccc12. The van der Waals surface area contributed by atoms with E-state index in [1.165, 1.54) is 5.56 Å². The molecule has 1 aliphatic heterocycles. The molecule has 1 fully saturated rings. The van der Waals surface area contributed by atoms with E-state index in [0.717, 1.165) is 22.8 Å². The third kappa shape index (κ3) is 2.50. The number of rotatable bonds is 3. The molecule has 98 valence electrons. The molecule has 19 heavy (non-hydrogen) atoms. The number of alkyl halides is 1. The van der Waals surface area contributed by atoms with Crippen LogP contribution in [0.25, 0.3) is 10.9 Å². The molecule has 1 atom stereocenters. The number of para-hydroxylation sites is 1. The second-order valence-electron chi connectivity index (χ2n) is 4.99. The second kappa shape index (κ2) is 5.29. The van der Waals surface area contributed by atoms with Crippen molar-refractivity contribution < 1.29 is 4.79 Å². The zero-order valence-electron chi connectivity index (χ0n) is 10.6. The fourth-order valence-electron chi connectivity index (χ4n) is 2.61. The van der Waals surface area contributed by atoms with Crippen LogP contribution in [0.4, 0.5) is 0 Å². The van der Waals surface area contributed by atoms with Crippen molar-refractivity contribution in [3.8, 4) is 0 Å². The fraction of sp³-hybridized carbons (Fsp3) is 0.333. The molecule has 2 aromatic rings. The number of benzene rings is 1. The Kier molecular flexibility index (Phi) is 3.51. The van der Waals surface area contributed by atoms with Crippen LogP contribution >= 0.6 is 15.9 Å². The number of carbonyl (C=O) groups excluding carboxylic acids is 1. The maximum atomic E-state index is 12.0. The molecule has 1 aromatic heterocycles. The molecule has 1 aliphatic rings. The summed E-state index contributed by atoms with van der Waals surface area (Å²) in [6, 6.07) is 10.1. The summed E-state index contributed by atoms with van der Waals surface area (Å²) in [5.41, 5.74) is 2.16. The van der Waals surface area contributed by atoms with Gasteiger partial charge in [-0.05, 0) is 23.6 Å². The lowest BCUT2D eigenvalue weighted by Crippen LogP contribution is -2.24. The average Bonchev–Trinajstić information content (AvgIpc) is 2.80. The number of aromatic nitrogens is 1. The Bertz CT molecular complexity index is 609. The van der Waals surface area contributed by atoms with Gasteiger partial charge in [0.05, 0.1) is 5.52 Å². The van der Waals surface area contributed by atoms with Crippen LogP contribution in [0.5, 0.6) is 0 Å². The van der Waals surface area contributed by atoms with Crippen molar-refractivity contribution >= 4 is 32.7 Å². The molecule has 0 N–H and O–H groups in total. The Hall–Kier alpha value is -1.42. The Balaban J connectivity index is 1.88. The van der Waals surface area contributed by atoms with Gasteiger partial charge in [-0.15, -0.1) is 0 Å². The van der Waals surface area contributed by atoms with Gasteiger partial charge in [0, 0.05) is 36.4 Å². The van der Waals surface area contributed by atoms with E-state index in [4.69, 9.17) is 0 Å². The summed E-state index contributed by atoms with van der Waals surface area (Å²) in [4.78, 5) is 18.3. The van der Waals surface area contributed by atoms with Crippen LogP contribution in [0.2, 0.25) is 0 Å². The normalized spacial score (nSPS) is 19.3. The van der Waals surface area contributed by atoms with Gasteiger partial charge in [0.1, 0.15) is 0 Å². The molecule has 4 heteroatoms. The van der Waals surface area contributed by atoms with E-state index >= 15 is 0 Å². The molecule has 3 rings (SSSR count). The van der Waals surface area contributed by atoms with E-state index in [-0.39, 0.29) is 5.91 Å². The van der Waals surface area contributed by atoms with Gasteiger partial charge >= 0.3 is 0 Å². The van der Waals surface area contributed by atoms with Crippen molar-refractivity contribution in [1.29, 1.82) is 0 Å². The van der Waals surface area contributed by atoms with Crippen LogP contribution in [0.15, 0.2) is 36.5 Å². The standard InChI is InChI=1S/C15H15BrN2O/c16-8-11-7-15(19)18(9-11)10-12-5-6-17-14-4-2-1-3-13(12)14/h1-6,11H,7-10H2. The Morgan fingerprint density at radius 3 is 2.95 bits per heavy atom. The first kappa shape index (κ1) is 12.6. The minimum atomic E-state index is 0.255. The van der Waals surface area contributed by atoms with Gasteiger partial charge in [-0.3, -0.25) is 9.78 Å². The largest absolute Gasteiger partial charge is 0.338 e. The van der Waals surface area contributed by atoms with Gasteiger partial charge in [0.2, 0.25) is 5.91 Å². The lowest BCUT2D eigenvalue weighted by molar-refractivity contribution is -0.128. The third-order valence-electron chi connectivity index (χ3n) is 3.61. The van der Waals surface area contributed by atoms with Crippen LogP contribution in [-0.2, 0) is 11.3 Å². The fourth-order valence-corrected chi connectivity index (χ4v) is 3.04. The Morgan fingerprint density at radius 2 is 2.16 bits per heavy atom. The predicted molar refractivity (Wildman–Crippen MR) is 79.1 cm³/mol. The van der Waals surface area contributed by atoms with E-state index in [2.05, 4.69) is 27.0 Å². The summed E-state index contributed by atoms with van der Waals surface area (Å²) in [6.07, 6.45) is 2.48. The van der Waals surface area contributed by atoms with Gasteiger partial charge in [-0.1, -0.05) is 34.1 Å². The van der Waals surface area contributed by atoms with Crippen LogP contribution in [0, 0.1) is 5.92 Å². The molecule has 2 heterocycles. The van der Waals surface area contributed by atoms with Gasteiger partial charge in [-0.25, -0.2) is 0 Å². The van der Waals surface area contributed by atoms with Crippen molar-refractivity contribution in [2.24, 2.45) is 5.92 Å². The average molecular weight is 319 g/mol. The predicted octanol–water partition coefficient (Wildman–Crippen LogP) is 2.98. The van der Waals surface area contributed by atoms with Crippen molar-refractivity contribution in [3.05, 3.63) is 42.1 Å². The highest BCUT2D eigenvalue weighted by Crippen LogP contribution is 2.24. The van der Waals surface area contributed by atoms with E-state index in [9.17, 15) is 4.79 Å². The Labute approximate surface area is 120 Å². The van der Waals surface area contributed by atoms with Gasteiger partial charge in [0.25, 0.3) is 0 Å². The molecule has 1 unspecified atom stereocenters. The summed E-state index contributed by atoms with van der Waals surface area (Å²) >= 11 is 3.47. The molecule has 3 nitrogen and oxygen atoms in total. The molecule has 0 aliphatic carbocycles. The first-order valence-electron chi connectivity index (χ1n) is 6.44. The topological polar surface area (TPSA) is 33.2 Å². The second-order valence-corrected chi connectivity index (χ2v) is 5.63. The molecule has 0 spiro atoms. The van der Waals surface area contributed by atoms with Gasteiger partial charge < -0.3 is 4.90 Å². The lowest BCUT2D eigenvalue weighted by Gasteiger charge is -2.17. The van der Waals surface area contributed by atoms with Crippen LogP contribution in [0.1, 0.15) is 12.0 Å². The monoisotopic (exact) mass is 318 g/mol. The van der Waals surface area contributed by atoms with Crippen LogP contribution in [0.3, 0.4) is 0 Å². The number of fused-ring (bicyclic) bond motifs is 1. The van der Waals surface area contributed by atoms with E-state index in [1.54, 1.807) is 0 Å². The highest BCUT2D eigenvalue weighted by atomic mass is 79.9. The minimum absolute atomic E-state index is 0.255. The Morgan fingerprint density at radius 1 is 1.32 bits per heavy atom. The highest BCUT2D eigenvalue weighted by molar-refractivity contribution is 9.09. The molecular formula is C15H15BrN2O. The maximum absolute atomic E-state index is 12.0. The molecule has 0 radical (unpaired) electrons. The highest BCUT2D eigenvalue weighted by Gasteiger charge is 2.28. The summed E-state index contributed by atoms with van der Waals surface area (Å²) < 4.78 is 0. The quantitative estimate of drug-likeness (QED) is 0.815. The van der Waals surface area contributed by atoms with Gasteiger partial charge in [0.15, 0.2) is 0 Å². The van der Waals surface area contributed by atoms with Crippen molar-refractivity contribution in [2.75, 3.05) is 11.9 Å². The van der Waals surface area contributed by atoms with E-state index in [0.29, 0.717) is 18.9 Å². The van der Waals surface area contributed by atoms with E-state index in [1.807, 2.05) is 35.4 Å². The minimum Gasteiger partial charge on any atom is -0.338 e. The number of nitrogens with zero attached hydrogens (tertiary/aromatic N) is 2. The summed E-state index contributed by atoms with van der Waals surface area (Å²) in [6.45, 7) is 1.53. The van der Waals surface area contributed by atoms with Crippen molar-refractivity contribution in [1.82, 2.24) is 9.88 Å². The number of likely N-dealkylation sites (tertiary alicyclic amines) is 1. The van der Waals surface area contributed by atoms with Crippen LogP contribution < -0.4 is 0 Å². The van der Waals surface area contributed by atoms with Gasteiger partial charge in [-0.2, -0.15) is 0 Å². The number of halogens is 1. The smallest absolute Gasteiger partial charge is 0.223 e. The number of pyridine rings is 1. The first-order valence-corrected chi connectivity index (χ1v) is 7.56. The molecule has 0 bridgehead atoms. The van der Waals surface area contributed by atoms with Crippen molar-refractivity contribution in [2.45, 2.75) is 13.0 Å². The zero-order valence-corrected chi connectivity index (χ0v) is 12.1. The molecular weight excluding hydrogens is 304 g/mol. The molecule has 0 saturated carbocycles. The zero-order chi connectivity index (χ0) is 13.2. The molecule has 1 amide bonds. The number of hydrogen-bond donors (Lipinski definition) is 0. The van der Waals surface area contributed by atoms with E-state index < -0.39 is 0 Å². The maximum Gasteiger partial charge on any atom is 0.223 e. The summed E-state index contributed by atoms with van der Waals surface area (Å²) in [5, 5.41) is 2.03. The molecule has 1 saturated heterocycles. The summed E-state index contributed by atoms with van der Waals surface area (Å²) in [7, 11) is 0. The third-order valence-corrected chi connectivity index (χ3v) is 4.53. The number of amides is 1. The van der Waals surface area contributed by atoms with Crippen molar-refractivity contribution in [3.63, 3.8) is 0 Å². The van der Waals surface area contributed by atoms with Crippen LogP contribution in [-0.4, -0.2) is 27.7 Å². The number of carbonyl (C=O) groups is 1. The number of hydrogen-bond acceptors (Lipinski definition) is 2. The molecule has 1 aromatic carbocycles. The first-order chi connectivity index (χ1) is 9.28.